The molecule has 29 heavy (non-hydrogen) atoms. The maximum Gasteiger partial charge on any atom is 0.226 e. The number of hydrogen-bond donors (Lipinski definition) is 0. The fourth-order valence-corrected chi connectivity index (χ4v) is 3.04. The van der Waals surface area contributed by atoms with Crippen molar-refractivity contribution in [3.63, 3.8) is 0 Å². The van der Waals surface area contributed by atoms with E-state index in [1.807, 2.05) is 38.1 Å². The van der Waals surface area contributed by atoms with Crippen molar-refractivity contribution in [1.82, 2.24) is 19.8 Å². The predicted molar refractivity (Wildman–Crippen MR) is 112 cm³/mol. The van der Waals surface area contributed by atoms with Gasteiger partial charge in [0.2, 0.25) is 18.7 Å². The van der Waals surface area contributed by atoms with Crippen molar-refractivity contribution in [2.75, 3.05) is 40.3 Å². The highest BCUT2D eigenvalue weighted by Gasteiger charge is 2.28. The van der Waals surface area contributed by atoms with Crippen LogP contribution in [0.15, 0.2) is 24.3 Å². The molecule has 0 aliphatic carbocycles. The molecule has 0 aliphatic rings. The third-order valence-corrected chi connectivity index (χ3v) is 4.92. The number of nitrogens with zero attached hydrogens (tertiary/aromatic N) is 4. The van der Waals surface area contributed by atoms with Crippen LogP contribution in [0.1, 0.15) is 32.8 Å². The summed E-state index contributed by atoms with van der Waals surface area (Å²) in [5.74, 6) is 0.679. The Morgan fingerprint density at radius 1 is 1.10 bits per heavy atom. The Balaban J connectivity index is 3.00. The van der Waals surface area contributed by atoms with Crippen LogP contribution in [0.3, 0.4) is 0 Å². The highest BCUT2D eigenvalue weighted by Crippen LogP contribution is 2.14. The fraction of sp³-hybridized carbons (Fsp3) is 0.571. The molecule has 0 heterocycles. The van der Waals surface area contributed by atoms with E-state index in [9.17, 15) is 14.4 Å². The summed E-state index contributed by atoms with van der Waals surface area (Å²) in [7, 11) is 3.40. The minimum Gasteiger partial charge on any atom is -0.497 e. The van der Waals surface area contributed by atoms with Crippen LogP contribution in [-0.2, 0) is 20.8 Å². The van der Waals surface area contributed by atoms with Gasteiger partial charge in [-0.3, -0.25) is 19.4 Å². The maximum absolute atomic E-state index is 12.3. The lowest BCUT2D eigenvalue weighted by Gasteiger charge is -2.41. The van der Waals surface area contributed by atoms with Gasteiger partial charge in [0.15, 0.2) is 0 Å². The Labute approximate surface area is 174 Å². The van der Waals surface area contributed by atoms with Gasteiger partial charge in [-0.25, -0.2) is 5.01 Å². The Kier molecular flexibility index (Phi) is 10.8. The topological polar surface area (TPSA) is 73.4 Å². The number of ether oxygens (including phenoxy) is 1. The van der Waals surface area contributed by atoms with Crippen LogP contribution in [-0.4, -0.2) is 85.0 Å². The molecule has 162 valence electrons. The van der Waals surface area contributed by atoms with Gasteiger partial charge in [-0.15, -0.1) is 0 Å². The van der Waals surface area contributed by atoms with Gasteiger partial charge in [-0.1, -0.05) is 26.0 Å². The van der Waals surface area contributed by atoms with Crippen LogP contribution in [0.2, 0.25) is 0 Å². The number of hydrazine groups is 1. The number of amides is 3. The lowest BCUT2D eigenvalue weighted by Crippen LogP contribution is -2.59. The van der Waals surface area contributed by atoms with Gasteiger partial charge in [-0.05, 0) is 30.5 Å². The van der Waals surface area contributed by atoms with Crippen molar-refractivity contribution in [2.24, 2.45) is 0 Å². The maximum atomic E-state index is 12.3. The van der Waals surface area contributed by atoms with E-state index in [0.717, 1.165) is 24.1 Å². The number of benzene rings is 1. The molecule has 1 aromatic carbocycles. The zero-order chi connectivity index (χ0) is 21.8. The summed E-state index contributed by atoms with van der Waals surface area (Å²) in [6.07, 6.45) is 2.31. The Bertz CT molecular complexity index is 638. The summed E-state index contributed by atoms with van der Waals surface area (Å²) in [4.78, 5) is 39.1. The smallest absolute Gasteiger partial charge is 0.226 e. The molecule has 0 saturated carbocycles. The minimum absolute atomic E-state index is 0.101. The molecule has 8 heteroatoms. The van der Waals surface area contributed by atoms with Crippen molar-refractivity contribution in [2.45, 2.75) is 39.8 Å². The van der Waals surface area contributed by atoms with Gasteiger partial charge in [0.25, 0.3) is 0 Å². The average Bonchev–Trinajstić information content (AvgIpc) is 2.74. The second-order valence-electron chi connectivity index (χ2n) is 6.85. The van der Waals surface area contributed by atoms with Crippen molar-refractivity contribution in [3.8, 4) is 5.75 Å². The first-order chi connectivity index (χ1) is 13.9. The fourth-order valence-electron chi connectivity index (χ4n) is 3.04. The lowest BCUT2D eigenvalue weighted by atomic mass is 10.1. The van der Waals surface area contributed by atoms with Gasteiger partial charge < -0.3 is 14.5 Å². The molecule has 3 amide bonds. The molecular weight excluding hydrogens is 372 g/mol. The van der Waals surface area contributed by atoms with Gasteiger partial charge in [0.05, 0.1) is 13.7 Å². The zero-order valence-corrected chi connectivity index (χ0v) is 18.2. The van der Waals surface area contributed by atoms with Crippen LogP contribution in [0.5, 0.6) is 5.75 Å². The van der Waals surface area contributed by atoms with Crippen molar-refractivity contribution < 1.29 is 19.1 Å². The molecule has 0 N–H and O–H groups in total. The van der Waals surface area contributed by atoms with E-state index in [-0.39, 0.29) is 12.5 Å². The van der Waals surface area contributed by atoms with Gasteiger partial charge in [0.1, 0.15) is 11.9 Å². The number of hydrogen-bond acceptors (Lipinski definition) is 5. The van der Waals surface area contributed by atoms with Gasteiger partial charge in [0, 0.05) is 33.6 Å². The molecule has 1 unspecified atom stereocenters. The largest absolute Gasteiger partial charge is 0.497 e. The summed E-state index contributed by atoms with van der Waals surface area (Å²) >= 11 is 0. The molecule has 0 fully saturated rings. The zero-order valence-electron chi connectivity index (χ0n) is 18.2. The van der Waals surface area contributed by atoms with Gasteiger partial charge >= 0.3 is 0 Å². The standard InChI is InChI=1S/C21H34N4O4/c1-6-13-24(16-26)21(25(17-27)22(4)7-2)15-23(18(3)28)14-12-19-8-10-20(29-5)11-9-19/h8-11,16-17,21H,6-7,12-15H2,1-5H3. The predicted octanol–water partition coefficient (Wildman–Crippen LogP) is 1.61. The van der Waals surface area contributed by atoms with E-state index >= 15 is 0 Å². The van der Waals surface area contributed by atoms with E-state index in [2.05, 4.69) is 0 Å². The summed E-state index contributed by atoms with van der Waals surface area (Å²) in [6, 6.07) is 7.70. The molecule has 0 aliphatic heterocycles. The molecule has 1 aromatic rings. The van der Waals surface area contributed by atoms with Crippen molar-refractivity contribution in [1.29, 1.82) is 0 Å². The van der Waals surface area contributed by atoms with Crippen LogP contribution in [0, 0.1) is 0 Å². The first-order valence-electron chi connectivity index (χ1n) is 9.95. The first kappa shape index (κ1) is 24.4. The lowest BCUT2D eigenvalue weighted by molar-refractivity contribution is -0.157. The monoisotopic (exact) mass is 406 g/mol. The third kappa shape index (κ3) is 7.38. The number of carbonyl (C=O) groups is 3. The second-order valence-corrected chi connectivity index (χ2v) is 6.85. The molecule has 1 atom stereocenters. The molecule has 0 radical (unpaired) electrons. The summed E-state index contributed by atoms with van der Waals surface area (Å²) in [6.45, 7) is 7.22. The SMILES string of the molecule is CCCN(C=O)C(CN(CCc1ccc(OC)cc1)C(C)=O)N(C=O)N(C)CC. The quantitative estimate of drug-likeness (QED) is 0.267. The van der Waals surface area contributed by atoms with E-state index in [1.54, 1.807) is 29.0 Å². The normalized spacial score (nSPS) is 11.7. The molecule has 8 nitrogen and oxygen atoms in total. The Hall–Kier alpha value is -2.61. The number of carbonyl (C=O) groups excluding carboxylic acids is 3. The Morgan fingerprint density at radius 3 is 2.21 bits per heavy atom. The van der Waals surface area contributed by atoms with Crippen LogP contribution >= 0.6 is 0 Å². The highest BCUT2D eigenvalue weighted by atomic mass is 16.5. The van der Waals surface area contributed by atoms with E-state index in [4.69, 9.17) is 4.74 Å². The molecular formula is C21H34N4O4. The van der Waals surface area contributed by atoms with Crippen LogP contribution in [0.25, 0.3) is 0 Å². The highest BCUT2D eigenvalue weighted by molar-refractivity contribution is 5.73. The summed E-state index contributed by atoms with van der Waals surface area (Å²) in [5, 5.41) is 3.22. The molecule has 0 spiro atoms. The summed E-state index contributed by atoms with van der Waals surface area (Å²) < 4.78 is 5.17. The first-order valence-corrected chi connectivity index (χ1v) is 9.95. The minimum atomic E-state index is -0.560. The second kappa shape index (κ2) is 12.8. The van der Waals surface area contributed by atoms with Crippen LogP contribution < -0.4 is 4.74 Å². The van der Waals surface area contributed by atoms with E-state index in [1.165, 1.54) is 11.9 Å². The summed E-state index contributed by atoms with van der Waals surface area (Å²) in [5.41, 5.74) is 1.08. The molecule has 0 bridgehead atoms. The third-order valence-electron chi connectivity index (χ3n) is 4.92. The van der Waals surface area contributed by atoms with Crippen LogP contribution in [0.4, 0.5) is 0 Å². The Morgan fingerprint density at radius 2 is 1.76 bits per heavy atom. The molecule has 0 saturated heterocycles. The average molecular weight is 407 g/mol. The van der Waals surface area contributed by atoms with E-state index in [0.29, 0.717) is 32.5 Å². The molecule has 1 rings (SSSR count). The van der Waals surface area contributed by atoms with Crippen molar-refractivity contribution in [3.05, 3.63) is 29.8 Å². The van der Waals surface area contributed by atoms with Crippen molar-refractivity contribution >= 4 is 18.7 Å². The number of rotatable bonds is 14. The van der Waals surface area contributed by atoms with E-state index < -0.39 is 6.17 Å². The number of methoxy groups -OCH3 is 1. The van der Waals surface area contributed by atoms with Gasteiger partial charge in [-0.2, -0.15) is 0 Å². The molecule has 0 aromatic heterocycles.